The number of hydrogen-bond donors (Lipinski definition) is 5. The monoisotopic (exact) mass is 1490 g/mol. The zero-order chi connectivity index (χ0) is 79.0. The highest BCUT2D eigenvalue weighted by Gasteiger charge is 2.26. The first-order chi connectivity index (χ1) is 55.7. The molecule has 8 aromatic carbocycles. The minimum Gasteiger partial charge on any atom is -0.477 e. The Bertz CT molecular complexity index is 6950. The number of benzene rings is 8. The van der Waals surface area contributed by atoms with Crippen molar-refractivity contribution < 1.29 is 9.90 Å². The van der Waals surface area contributed by atoms with Crippen LogP contribution in [-0.4, -0.2) is 50.9 Å². The number of nitrogens with one attached hydrogen (secondary N) is 4. The lowest BCUT2D eigenvalue weighted by Crippen LogP contribution is -1.97. The molecule has 0 atom stereocenters. The van der Waals surface area contributed by atoms with E-state index in [1.165, 1.54) is 28.3 Å². The second kappa shape index (κ2) is 29.2. The summed E-state index contributed by atoms with van der Waals surface area (Å²) in [5.74, 6) is -1.28. The normalized spacial score (nSPS) is 12.5. The van der Waals surface area contributed by atoms with Crippen LogP contribution in [0.15, 0.2) is 230 Å². The molecular formula is C104H81N9O2. The minimum atomic E-state index is -1.28. The van der Waals surface area contributed by atoms with Gasteiger partial charge in [-0.2, -0.15) is 5.26 Å². The van der Waals surface area contributed by atoms with E-state index in [0.717, 1.165) is 223 Å². The quantitative estimate of drug-likeness (QED) is 0.0597. The van der Waals surface area contributed by atoms with Crippen LogP contribution in [0.25, 0.3) is 193 Å². The Kier molecular flexibility index (Phi) is 18.3. The van der Waals surface area contributed by atoms with Gasteiger partial charge in [0.05, 0.1) is 45.6 Å². The molecule has 0 saturated carbocycles. The fourth-order valence-corrected chi connectivity index (χ4v) is 17.0. The molecule has 4 aliphatic heterocycles. The van der Waals surface area contributed by atoms with Crippen LogP contribution in [-0.2, 0) is 4.79 Å². The maximum absolute atomic E-state index is 11.9. The van der Waals surface area contributed by atoms with Crippen molar-refractivity contribution in [2.45, 2.75) is 69.2 Å². The summed E-state index contributed by atoms with van der Waals surface area (Å²) in [7, 11) is 0. The number of nitriles is 1. The average molecular weight is 1490 g/mol. The summed E-state index contributed by atoms with van der Waals surface area (Å²) < 4.78 is 0. The highest BCUT2D eigenvalue weighted by Crippen LogP contribution is 2.45. The third-order valence-corrected chi connectivity index (χ3v) is 21.9. The van der Waals surface area contributed by atoms with E-state index in [4.69, 9.17) is 19.9 Å². The van der Waals surface area contributed by atoms with Gasteiger partial charge in [0.1, 0.15) is 11.6 Å². The number of aromatic amines is 4. The number of carboxylic acids is 1. The summed E-state index contributed by atoms with van der Waals surface area (Å²) in [6, 6.07) is 79.8. The SMILES string of the molecule is Cc1ccc(-c2c3nc(c(-c4ccc(/C=C/C5=Cc6nc5c(-c5cc(C)cc(C)c5)c5ccc([nH]5)c(-c5cc(C)cc(C)c5)c5nc(c(-c7cc(C)cc(C)c7)c7ccc([nH]7)c6-c6cc(C)cc(C)c6)C=C5)cc4)c4ccc([nH]4)c(-c4ccc(C)cc4)c4nc(c(-c5ccc(/C=C(/C#N)C(=O)O)cc5)c5ccc2[nH]5)C=C4)C=C3)cc1. The minimum absolute atomic E-state index is 0.351. The molecule has 5 N–H and O–H groups in total. The van der Waals surface area contributed by atoms with Crippen LogP contribution < -0.4 is 0 Å². The standard InChI is InChI=1S/C104H81N9O2/c1-58-11-20-70(21-12-58)95-80-29-33-84(106-80)97(85-34-30-81(107-85)96(71-22-13-59(2)14-23-71)83-32-36-87(109-83)98(86-35-31-82(95)108-86)73-26-18-69(19-27-73)55-79(57-105)104(114)115)72-24-15-68(16-25-72)17-28-74-56-94-101(77-51-64(7)45-65(8)52-77)92-40-39-90(111-92)99(75-47-60(3)43-61(4)48-75)88-37-38-89(110-88)100(76-49-62(5)44-63(6)50-76)91-41-42-93(112-91)102(103(74)113-94)78-53-66(9)46-67(10)54-78/h11-56,106,109,111-112H,1-10H3,(H,114,115)/b28-17+,79-55-,95-80?,95-82?,96-81?,96-83?,97-84?,97-85?,98-86?,98-87?,99-88?,99-90?,100-89?,100-91?,101-92?,101-94?,102-93?,103-102?. The second-order valence-corrected chi connectivity index (χ2v) is 31.0. The molecule has 115 heavy (non-hydrogen) atoms. The summed E-state index contributed by atoms with van der Waals surface area (Å²) in [4.78, 5) is 50.7. The molecule has 11 heteroatoms. The Hall–Kier alpha value is -14.6. The van der Waals surface area contributed by atoms with Gasteiger partial charge in [0, 0.05) is 94.2 Å². The molecule has 0 aliphatic carbocycles. The molecule has 6 aromatic heterocycles. The molecular weight excluding hydrogens is 1410 g/mol. The van der Waals surface area contributed by atoms with E-state index in [1.807, 2.05) is 30.3 Å². The van der Waals surface area contributed by atoms with Gasteiger partial charge < -0.3 is 25.0 Å². The first-order valence-electron chi connectivity index (χ1n) is 38.8. The Balaban J connectivity index is 0.855. The highest BCUT2D eigenvalue weighted by atomic mass is 16.4. The Morgan fingerprint density at radius 3 is 0.852 bits per heavy atom. The molecule has 554 valence electrons. The summed E-state index contributed by atoms with van der Waals surface area (Å²) in [6.45, 7) is 21.5. The van der Waals surface area contributed by atoms with E-state index < -0.39 is 5.97 Å². The molecule has 0 fully saturated rings. The van der Waals surface area contributed by atoms with E-state index in [0.29, 0.717) is 5.56 Å². The molecule has 0 amide bonds. The van der Waals surface area contributed by atoms with Crippen molar-refractivity contribution in [1.82, 2.24) is 39.9 Å². The number of H-pyrrole nitrogens is 4. The van der Waals surface area contributed by atoms with E-state index >= 15 is 0 Å². The predicted molar refractivity (Wildman–Crippen MR) is 478 cm³/mol. The van der Waals surface area contributed by atoms with Crippen LogP contribution in [0.2, 0.25) is 0 Å². The van der Waals surface area contributed by atoms with E-state index in [-0.39, 0.29) is 5.57 Å². The fourth-order valence-electron chi connectivity index (χ4n) is 17.0. The van der Waals surface area contributed by atoms with Gasteiger partial charge in [-0.3, -0.25) is 0 Å². The lowest BCUT2D eigenvalue weighted by atomic mass is 9.96. The molecule has 16 bridgehead atoms. The summed E-state index contributed by atoms with van der Waals surface area (Å²) >= 11 is 0. The van der Waals surface area contributed by atoms with Gasteiger partial charge in [0.15, 0.2) is 0 Å². The van der Waals surface area contributed by atoms with Gasteiger partial charge in [-0.15, -0.1) is 0 Å². The van der Waals surface area contributed by atoms with Crippen molar-refractivity contribution in [3.05, 3.63) is 342 Å². The summed E-state index contributed by atoms with van der Waals surface area (Å²) in [5, 5.41) is 19.4. The molecule has 10 heterocycles. The van der Waals surface area contributed by atoms with Gasteiger partial charge in [0.25, 0.3) is 0 Å². The lowest BCUT2D eigenvalue weighted by Gasteiger charge is -2.10. The number of hydrogen-bond acceptors (Lipinski definition) is 6. The van der Waals surface area contributed by atoms with E-state index in [2.05, 4.69) is 338 Å². The maximum atomic E-state index is 11.9. The zero-order valence-corrected chi connectivity index (χ0v) is 65.6. The molecule has 0 unspecified atom stereocenters. The Labute approximate surface area is 668 Å². The third kappa shape index (κ3) is 14.0. The van der Waals surface area contributed by atoms with E-state index in [1.54, 1.807) is 0 Å². The number of allylic oxidation sites excluding steroid dienone is 2. The third-order valence-electron chi connectivity index (χ3n) is 21.9. The number of fused-ring (bicyclic) bond motifs is 16. The number of carbonyl (C=O) groups is 1. The smallest absolute Gasteiger partial charge is 0.346 e. The number of carboxylic acid groups (broad SMARTS) is 1. The largest absolute Gasteiger partial charge is 0.477 e. The van der Waals surface area contributed by atoms with Gasteiger partial charge in [-0.05, 0) is 222 Å². The van der Waals surface area contributed by atoms with Crippen LogP contribution in [0.1, 0.15) is 112 Å². The van der Waals surface area contributed by atoms with Gasteiger partial charge in [-0.25, -0.2) is 24.7 Å². The number of nitrogens with zero attached hydrogens (tertiary/aromatic N) is 5. The van der Waals surface area contributed by atoms with Crippen LogP contribution in [0.4, 0.5) is 0 Å². The summed E-state index contributed by atoms with van der Waals surface area (Å²) in [5.41, 5.74) is 42.9. The molecule has 0 radical (unpaired) electrons. The van der Waals surface area contributed by atoms with Crippen LogP contribution in [0.5, 0.6) is 0 Å². The van der Waals surface area contributed by atoms with Crippen molar-refractivity contribution in [3.63, 3.8) is 0 Å². The molecule has 4 aliphatic rings. The lowest BCUT2D eigenvalue weighted by molar-refractivity contribution is -0.132. The van der Waals surface area contributed by atoms with Crippen molar-refractivity contribution in [1.29, 1.82) is 5.26 Å². The zero-order valence-electron chi connectivity index (χ0n) is 65.6. The molecule has 0 spiro atoms. The maximum Gasteiger partial charge on any atom is 0.346 e. The van der Waals surface area contributed by atoms with Gasteiger partial charge in [0.2, 0.25) is 0 Å². The molecule has 14 aromatic rings. The van der Waals surface area contributed by atoms with Crippen molar-refractivity contribution in [2.24, 2.45) is 0 Å². The average Bonchev–Trinajstić information content (AvgIpc) is 1.62. The fraction of sp³-hybridized carbons (Fsp3) is 0.0962. The first-order valence-corrected chi connectivity index (χ1v) is 38.8. The van der Waals surface area contributed by atoms with Crippen molar-refractivity contribution in [2.75, 3.05) is 0 Å². The topological polar surface area (TPSA) is 176 Å². The predicted octanol–water partition coefficient (Wildman–Crippen LogP) is 26.1. The first kappa shape index (κ1) is 72.0. The van der Waals surface area contributed by atoms with Crippen LogP contribution >= 0.6 is 0 Å². The van der Waals surface area contributed by atoms with Gasteiger partial charge in [-0.1, -0.05) is 238 Å². The highest BCUT2D eigenvalue weighted by molar-refractivity contribution is 6.07. The number of rotatable bonds is 12. The Morgan fingerprint density at radius 1 is 0.296 bits per heavy atom. The number of aryl methyl sites for hydroxylation is 10. The van der Waals surface area contributed by atoms with Gasteiger partial charge >= 0.3 is 5.97 Å². The number of aliphatic carboxylic acids is 1. The molecule has 11 nitrogen and oxygen atoms in total. The molecule has 0 saturated heterocycles. The molecule has 18 rings (SSSR count). The van der Waals surface area contributed by atoms with Crippen LogP contribution in [0.3, 0.4) is 0 Å². The Morgan fingerprint density at radius 2 is 0.557 bits per heavy atom. The summed E-state index contributed by atoms with van der Waals surface area (Å²) in [6.07, 6.45) is 20.9. The number of aromatic nitrogens is 8. The van der Waals surface area contributed by atoms with E-state index in [9.17, 15) is 15.2 Å². The van der Waals surface area contributed by atoms with Crippen molar-refractivity contribution in [3.8, 4) is 95.1 Å². The van der Waals surface area contributed by atoms with Crippen LogP contribution in [0, 0.1) is 80.6 Å². The second-order valence-electron chi connectivity index (χ2n) is 31.0. The van der Waals surface area contributed by atoms with Crippen molar-refractivity contribution >= 4 is 110 Å².